The molecular formula is C21H23F7N2O3S. The van der Waals surface area contributed by atoms with Crippen molar-refractivity contribution in [3.05, 3.63) is 71.1 Å². The van der Waals surface area contributed by atoms with Crippen LogP contribution in [-0.2, 0) is 27.3 Å². The molecule has 0 aliphatic carbocycles. The maximum absolute atomic E-state index is 13.5. The first-order chi connectivity index (χ1) is 15.4. The van der Waals surface area contributed by atoms with Gasteiger partial charge in [-0.25, -0.2) is 4.39 Å². The molecule has 2 atom stereocenters. The highest BCUT2D eigenvalue weighted by atomic mass is 32.2. The molecule has 0 radical (unpaired) electrons. The maximum Gasteiger partial charge on any atom is 0.416 e. The van der Waals surface area contributed by atoms with Crippen molar-refractivity contribution in [1.82, 2.24) is 9.03 Å². The first-order valence-corrected chi connectivity index (χ1v) is 11.2. The van der Waals surface area contributed by atoms with Crippen LogP contribution in [0.4, 0.5) is 30.7 Å². The minimum Gasteiger partial charge on any atom is -0.371 e. The number of hydrogen-bond acceptors (Lipinski definition) is 3. The van der Waals surface area contributed by atoms with Crippen LogP contribution in [0.3, 0.4) is 0 Å². The predicted octanol–water partition coefficient (Wildman–Crippen LogP) is 5.31. The van der Waals surface area contributed by atoms with Gasteiger partial charge >= 0.3 is 12.4 Å². The van der Waals surface area contributed by atoms with Gasteiger partial charge in [0.15, 0.2) is 0 Å². The smallest absolute Gasteiger partial charge is 0.371 e. The van der Waals surface area contributed by atoms with E-state index in [4.69, 9.17) is 4.74 Å². The summed E-state index contributed by atoms with van der Waals surface area (Å²) in [5.41, 5.74) is -4.88. The molecule has 13 heteroatoms. The van der Waals surface area contributed by atoms with Crippen molar-refractivity contribution >= 4 is 10.2 Å². The van der Waals surface area contributed by atoms with E-state index in [1.165, 1.54) is 27.0 Å². The summed E-state index contributed by atoms with van der Waals surface area (Å²) < 4.78 is 126. The Balaban J connectivity index is 2.39. The Hall–Kier alpha value is -2.22. The highest BCUT2D eigenvalue weighted by Gasteiger charge is 2.47. The van der Waals surface area contributed by atoms with Crippen LogP contribution in [0.2, 0.25) is 0 Å². The minimum absolute atomic E-state index is 0.000205. The zero-order valence-electron chi connectivity index (χ0n) is 18.4. The van der Waals surface area contributed by atoms with Crippen molar-refractivity contribution in [1.29, 1.82) is 0 Å². The van der Waals surface area contributed by atoms with E-state index in [9.17, 15) is 39.2 Å². The summed E-state index contributed by atoms with van der Waals surface area (Å²) in [6, 6.07) is 1.07. The second kappa shape index (κ2) is 9.80. The average molecular weight is 516 g/mol. The number of allylic oxidation sites excluding steroid dienone is 3. The van der Waals surface area contributed by atoms with Crippen LogP contribution in [0.15, 0.2) is 54.4 Å². The molecule has 1 aromatic rings. The lowest BCUT2D eigenvalue weighted by Gasteiger charge is -2.30. The number of ether oxygens (including phenoxy) is 1. The molecular weight excluding hydrogens is 493 g/mol. The lowest BCUT2D eigenvalue weighted by atomic mass is 9.91. The summed E-state index contributed by atoms with van der Waals surface area (Å²) in [4.78, 5) is 0. The largest absolute Gasteiger partial charge is 0.416 e. The second-order valence-electron chi connectivity index (χ2n) is 7.77. The van der Waals surface area contributed by atoms with E-state index in [0.29, 0.717) is 12.1 Å². The molecule has 1 aromatic carbocycles. The van der Waals surface area contributed by atoms with Crippen molar-refractivity contribution < 1.29 is 43.9 Å². The van der Waals surface area contributed by atoms with Crippen LogP contribution < -0.4 is 4.72 Å². The monoisotopic (exact) mass is 516 g/mol. The number of benzene rings is 1. The summed E-state index contributed by atoms with van der Waals surface area (Å²) >= 11 is 0. The average Bonchev–Trinajstić information content (AvgIpc) is 2.97. The van der Waals surface area contributed by atoms with E-state index in [1.807, 2.05) is 0 Å². The van der Waals surface area contributed by atoms with Crippen LogP contribution in [-0.4, -0.2) is 38.5 Å². The Morgan fingerprint density at radius 2 is 1.71 bits per heavy atom. The summed E-state index contributed by atoms with van der Waals surface area (Å²) in [7, 11) is -2.73. The van der Waals surface area contributed by atoms with Gasteiger partial charge in [-0.05, 0) is 49.3 Å². The molecule has 34 heavy (non-hydrogen) atoms. The summed E-state index contributed by atoms with van der Waals surface area (Å²) in [6.07, 6.45) is -7.97. The van der Waals surface area contributed by atoms with Gasteiger partial charge in [0.1, 0.15) is 5.83 Å². The molecule has 1 aliphatic rings. The van der Waals surface area contributed by atoms with Crippen molar-refractivity contribution in [3.8, 4) is 0 Å². The van der Waals surface area contributed by atoms with E-state index < -0.39 is 63.3 Å². The van der Waals surface area contributed by atoms with Gasteiger partial charge in [0.05, 0.1) is 29.4 Å². The van der Waals surface area contributed by atoms with Crippen molar-refractivity contribution in [2.75, 3.05) is 20.2 Å². The minimum atomic E-state index is -5.03. The molecule has 5 nitrogen and oxygen atoms in total. The van der Waals surface area contributed by atoms with Crippen LogP contribution in [0.5, 0.6) is 0 Å². The third-order valence-electron chi connectivity index (χ3n) is 5.22. The van der Waals surface area contributed by atoms with Gasteiger partial charge in [-0.2, -0.15) is 43.8 Å². The fourth-order valence-electron chi connectivity index (χ4n) is 3.17. The highest BCUT2D eigenvalue weighted by molar-refractivity contribution is 7.87. The molecule has 1 aliphatic heterocycles. The molecule has 0 aromatic heterocycles. The Morgan fingerprint density at radius 1 is 1.18 bits per heavy atom. The fourth-order valence-corrected chi connectivity index (χ4v) is 4.46. The summed E-state index contributed by atoms with van der Waals surface area (Å²) in [6.45, 7) is 5.68. The van der Waals surface area contributed by atoms with Crippen LogP contribution in [0, 0.1) is 0 Å². The Bertz CT molecular complexity index is 1060. The SMILES string of the molecule is C=C(/C=C\C(F)=C/C)[C@]1(CO[C@H](C)c2cc(C(F)(F)F)cc(C(F)(F)F)c2)CN(C)S(=O)(=O)N1. The Kier molecular flexibility index (Phi) is 8.08. The molecule has 1 saturated heterocycles. The molecule has 1 fully saturated rings. The number of likely N-dealkylation sites (N-methyl/N-ethyl adjacent to an activating group) is 1. The van der Waals surface area contributed by atoms with Crippen LogP contribution >= 0.6 is 0 Å². The van der Waals surface area contributed by atoms with Gasteiger partial charge in [-0.1, -0.05) is 18.7 Å². The van der Waals surface area contributed by atoms with Gasteiger partial charge in [-0.3, -0.25) is 0 Å². The number of nitrogens with one attached hydrogen (secondary N) is 1. The quantitative estimate of drug-likeness (QED) is 0.395. The number of rotatable bonds is 7. The third-order valence-corrected chi connectivity index (χ3v) is 6.82. The van der Waals surface area contributed by atoms with Gasteiger partial charge in [0, 0.05) is 13.6 Å². The Morgan fingerprint density at radius 3 is 2.12 bits per heavy atom. The number of hydrogen-bond donors (Lipinski definition) is 1. The maximum atomic E-state index is 13.5. The molecule has 0 bridgehead atoms. The molecule has 1 heterocycles. The summed E-state index contributed by atoms with van der Waals surface area (Å²) in [5.74, 6) is -0.636. The van der Waals surface area contributed by atoms with E-state index in [2.05, 4.69) is 11.3 Å². The van der Waals surface area contributed by atoms with Crippen molar-refractivity contribution in [3.63, 3.8) is 0 Å². The molecule has 2 rings (SSSR count). The standard InChI is InChI=1S/C21H23F7N2O3S/c1-5-18(22)7-6-13(2)19(11-30(4)34(31,32)29-19)12-33-14(3)15-8-16(20(23,24)25)10-17(9-15)21(26,27)28/h5-10,14,29H,2,11-12H2,1,3-4H3/b7-6-,18-5+/t14-,19-/m1/s1. The zero-order valence-corrected chi connectivity index (χ0v) is 19.2. The molecule has 0 unspecified atom stereocenters. The predicted molar refractivity (Wildman–Crippen MR) is 111 cm³/mol. The lowest BCUT2D eigenvalue weighted by Crippen LogP contribution is -2.49. The van der Waals surface area contributed by atoms with Gasteiger partial charge < -0.3 is 4.74 Å². The zero-order chi connectivity index (χ0) is 26.1. The first kappa shape index (κ1) is 28.0. The normalized spacial score (nSPS) is 22.9. The number of halogens is 7. The van der Waals surface area contributed by atoms with Crippen LogP contribution in [0.25, 0.3) is 0 Å². The third kappa shape index (κ3) is 6.46. The van der Waals surface area contributed by atoms with E-state index in [-0.39, 0.29) is 18.2 Å². The topological polar surface area (TPSA) is 58.6 Å². The highest BCUT2D eigenvalue weighted by Crippen LogP contribution is 2.38. The van der Waals surface area contributed by atoms with E-state index >= 15 is 0 Å². The van der Waals surface area contributed by atoms with Gasteiger partial charge in [-0.15, -0.1) is 0 Å². The molecule has 0 amide bonds. The first-order valence-electron chi connectivity index (χ1n) is 9.77. The second-order valence-corrected chi connectivity index (χ2v) is 9.55. The fraction of sp³-hybridized carbons (Fsp3) is 0.429. The van der Waals surface area contributed by atoms with Gasteiger partial charge in [0.25, 0.3) is 10.2 Å². The van der Waals surface area contributed by atoms with Crippen molar-refractivity contribution in [2.24, 2.45) is 0 Å². The van der Waals surface area contributed by atoms with E-state index in [0.717, 1.165) is 16.5 Å². The van der Waals surface area contributed by atoms with E-state index in [1.54, 1.807) is 0 Å². The lowest BCUT2D eigenvalue weighted by molar-refractivity contribution is -0.143. The van der Waals surface area contributed by atoms with Crippen molar-refractivity contribution in [2.45, 2.75) is 37.8 Å². The Labute approximate surface area is 192 Å². The molecule has 190 valence electrons. The molecule has 0 saturated carbocycles. The number of alkyl halides is 6. The molecule has 0 spiro atoms. The number of nitrogens with zero attached hydrogens (tertiary/aromatic N) is 1. The van der Waals surface area contributed by atoms with Crippen LogP contribution in [0.1, 0.15) is 36.6 Å². The molecule has 1 N–H and O–H groups in total. The summed E-state index contributed by atoms with van der Waals surface area (Å²) in [5, 5.41) is 0. The van der Waals surface area contributed by atoms with Gasteiger partial charge in [0.2, 0.25) is 0 Å².